The lowest BCUT2D eigenvalue weighted by atomic mass is 10.1. The van der Waals surface area contributed by atoms with Crippen LogP contribution in [0.4, 0.5) is 19.0 Å². The molecule has 1 aromatic carbocycles. The molecule has 1 aliphatic rings. The Morgan fingerprint density at radius 1 is 1.13 bits per heavy atom. The number of amides is 1. The Labute approximate surface area is 172 Å². The standard InChI is InChI=1S/C19H21F3N4O3S/c1-13-12-25(30(28,29)16-6-4-15(5-7-16)19(20,21)22)9-10-26(13)18(27)14-3-8-17(23-2)24-11-14/h3-8,11,13H,9-10,12H2,1-2H3,(H,23,24). The summed E-state index contributed by atoms with van der Waals surface area (Å²) in [6.45, 7) is 1.97. The molecular formula is C19H21F3N4O3S. The highest BCUT2D eigenvalue weighted by Crippen LogP contribution is 2.30. The van der Waals surface area contributed by atoms with Gasteiger partial charge in [-0.15, -0.1) is 0 Å². The van der Waals surface area contributed by atoms with E-state index in [0.717, 1.165) is 24.3 Å². The van der Waals surface area contributed by atoms with Gasteiger partial charge in [-0.1, -0.05) is 0 Å². The molecule has 162 valence electrons. The van der Waals surface area contributed by atoms with Gasteiger partial charge < -0.3 is 10.2 Å². The van der Waals surface area contributed by atoms with Crippen LogP contribution in [0.2, 0.25) is 0 Å². The molecule has 1 aliphatic heterocycles. The van der Waals surface area contributed by atoms with Crippen LogP contribution in [0.25, 0.3) is 0 Å². The van der Waals surface area contributed by atoms with Gasteiger partial charge in [-0.2, -0.15) is 17.5 Å². The Kier molecular flexibility index (Phi) is 6.04. The maximum atomic E-state index is 12.8. The third kappa shape index (κ3) is 4.41. The van der Waals surface area contributed by atoms with E-state index < -0.39 is 27.8 Å². The number of sulfonamides is 1. The van der Waals surface area contributed by atoms with Crippen molar-refractivity contribution in [1.82, 2.24) is 14.2 Å². The summed E-state index contributed by atoms with van der Waals surface area (Å²) in [6.07, 6.45) is -3.09. The van der Waals surface area contributed by atoms with Gasteiger partial charge in [0.15, 0.2) is 0 Å². The lowest BCUT2D eigenvalue weighted by molar-refractivity contribution is -0.137. The minimum atomic E-state index is -4.54. The van der Waals surface area contributed by atoms with E-state index in [1.54, 1.807) is 31.0 Å². The van der Waals surface area contributed by atoms with Crippen molar-refractivity contribution in [3.63, 3.8) is 0 Å². The number of hydrogen-bond acceptors (Lipinski definition) is 5. The molecule has 0 bridgehead atoms. The van der Waals surface area contributed by atoms with Gasteiger partial charge in [0.25, 0.3) is 5.91 Å². The average Bonchev–Trinajstić information content (AvgIpc) is 2.72. The number of halogens is 3. The number of benzene rings is 1. The molecule has 1 atom stereocenters. The number of aromatic nitrogens is 1. The number of nitrogens with one attached hydrogen (secondary N) is 1. The lowest BCUT2D eigenvalue weighted by Crippen LogP contribution is -2.55. The number of hydrogen-bond donors (Lipinski definition) is 1. The highest BCUT2D eigenvalue weighted by molar-refractivity contribution is 7.89. The molecule has 1 fully saturated rings. The molecule has 1 amide bonds. The second-order valence-corrected chi connectivity index (χ2v) is 8.85. The fourth-order valence-electron chi connectivity index (χ4n) is 3.24. The lowest BCUT2D eigenvalue weighted by Gasteiger charge is -2.39. The molecule has 2 heterocycles. The molecule has 0 spiro atoms. The zero-order valence-corrected chi connectivity index (χ0v) is 17.2. The first-order valence-electron chi connectivity index (χ1n) is 9.16. The quantitative estimate of drug-likeness (QED) is 0.787. The number of piperazine rings is 1. The maximum absolute atomic E-state index is 12.8. The summed E-state index contributed by atoms with van der Waals surface area (Å²) in [5.41, 5.74) is -0.525. The Morgan fingerprint density at radius 3 is 2.30 bits per heavy atom. The van der Waals surface area contributed by atoms with Gasteiger partial charge in [0, 0.05) is 38.9 Å². The zero-order valence-electron chi connectivity index (χ0n) is 16.3. The molecule has 1 saturated heterocycles. The van der Waals surface area contributed by atoms with Gasteiger partial charge in [-0.05, 0) is 43.3 Å². The molecule has 1 N–H and O–H groups in total. The topological polar surface area (TPSA) is 82.6 Å². The van der Waals surface area contributed by atoms with Gasteiger partial charge in [-0.3, -0.25) is 4.79 Å². The van der Waals surface area contributed by atoms with Crippen molar-refractivity contribution in [3.05, 3.63) is 53.7 Å². The van der Waals surface area contributed by atoms with E-state index in [9.17, 15) is 26.4 Å². The van der Waals surface area contributed by atoms with E-state index in [-0.39, 0.29) is 30.4 Å². The van der Waals surface area contributed by atoms with Crippen LogP contribution >= 0.6 is 0 Å². The van der Waals surface area contributed by atoms with E-state index in [1.165, 1.54) is 10.5 Å². The summed E-state index contributed by atoms with van der Waals surface area (Å²) in [7, 11) is -2.26. The van der Waals surface area contributed by atoms with Gasteiger partial charge in [0.1, 0.15) is 5.82 Å². The number of carbonyl (C=O) groups is 1. The summed E-state index contributed by atoms with van der Waals surface area (Å²) in [4.78, 5) is 18.2. The van der Waals surface area contributed by atoms with Crippen molar-refractivity contribution >= 4 is 21.7 Å². The molecule has 3 rings (SSSR count). The monoisotopic (exact) mass is 442 g/mol. The molecular weight excluding hydrogens is 421 g/mol. The fourth-order valence-corrected chi connectivity index (χ4v) is 4.76. The van der Waals surface area contributed by atoms with E-state index in [1.807, 2.05) is 0 Å². The third-order valence-electron chi connectivity index (χ3n) is 4.94. The van der Waals surface area contributed by atoms with Crippen LogP contribution in [-0.2, 0) is 16.2 Å². The molecule has 1 unspecified atom stereocenters. The first-order chi connectivity index (χ1) is 14.0. The molecule has 0 radical (unpaired) electrons. The SMILES string of the molecule is CNc1ccc(C(=O)N2CCN(S(=O)(=O)c3ccc(C(F)(F)F)cc3)CC2C)cn1. The molecule has 2 aromatic rings. The molecule has 0 aliphatic carbocycles. The Bertz CT molecular complexity index is 1010. The average molecular weight is 442 g/mol. The Balaban J connectivity index is 1.72. The second kappa shape index (κ2) is 8.23. The highest BCUT2D eigenvalue weighted by atomic mass is 32.2. The minimum Gasteiger partial charge on any atom is -0.373 e. The highest BCUT2D eigenvalue weighted by Gasteiger charge is 2.35. The van der Waals surface area contributed by atoms with Crippen molar-refractivity contribution in [1.29, 1.82) is 0 Å². The largest absolute Gasteiger partial charge is 0.416 e. The minimum absolute atomic E-state index is 0.0388. The van der Waals surface area contributed by atoms with Crippen LogP contribution in [0.5, 0.6) is 0 Å². The summed E-state index contributed by atoms with van der Waals surface area (Å²) >= 11 is 0. The van der Waals surface area contributed by atoms with Crippen LogP contribution in [0.3, 0.4) is 0 Å². The van der Waals surface area contributed by atoms with Crippen LogP contribution in [0.15, 0.2) is 47.5 Å². The first kappa shape index (κ1) is 22.0. The number of carbonyl (C=O) groups excluding carboxylic acids is 1. The van der Waals surface area contributed by atoms with Crippen molar-refractivity contribution in [3.8, 4) is 0 Å². The number of rotatable bonds is 4. The number of alkyl halides is 3. The normalized spacial score (nSPS) is 18.3. The number of pyridine rings is 1. The van der Waals surface area contributed by atoms with Crippen molar-refractivity contribution < 1.29 is 26.4 Å². The molecule has 7 nitrogen and oxygen atoms in total. The van der Waals surface area contributed by atoms with Crippen molar-refractivity contribution in [2.24, 2.45) is 0 Å². The van der Waals surface area contributed by atoms with Crippen molar-refractivity contribution in [2.45, 2.75) is 24.0 Å². The van der Waals surface area contributed by atoms with Gasteiger partial charge in [-0.25, -0.2) is 13.4 Å². The first-order valence-corrected chi connectivity index (χ1v) is 10.6. The summed E-state index contributed by atoms with van der Waals surface area (Å²) in [5, 5.41) is 2.86. The van der Waals surface area contributed by atoms with Crippen LogP contribution < -0.4 is 5.32 Å². The summed E-state index contributed by atoms with van der Waals surface area (Å²) < 4.78 is 65.0. The second-order valence-electron chi connectivity index (χ2n) is 6.91. The molecule has 1 aromatic heterocycles. The summed E-state index contributed by atoms with van der Waals surface area (Å²) in [5.74, 6) is 0.358. The van der Waals surface area contributed by atoms with E-state index in [0.29, 0.717) is 11.4 Å². The number of nitrogens with zero attached hydrogens (tertiary/aromatic N) is 3. The third-order valence-corrected chi connectivity index (χ3v) is 6.82. The van der Waals surface area contributed by atoms with E-state index in [2.05, 4.69) is 10.3 Å². The Hall–Kier alpha value is -2.66. The number of anilines is 1. The van der Waals surface area contributed by atoms with Gasteiger partial charge in [0.2, 0.25) is 10.0 Å². The predicted octanol–water partition coefficient (Wildman–Crippen LogP) is 2.68. The van der Waals surface area contributed by atoms with E-state index >= 15 is 0 Å². The summed E-state index contributed by atoms with van der Waals surface area (Å²) in [6, 6.07) is 6.29. The van der Waals surface area contributed by atoms with Gasteiger partial charge >= 0.3 is 6.18 Å². The van der Waals surface area contributed by atoms with Crippen LogP contribution in [-0.4, -0.2) is 61.2 Å². The fraction of sp³-hybridized carbons (Fsp3) is 0.368. The van der Waals surface area contributed by atoms with Gasteiger partial charge in [0.05, 0.1) is 16.0 Å². The molecule has 0 saturated carbocycles. The van der Waals surface area contributed by atoms with Crippen molar-refractivity contribution in [2.75, 3.05) is 32.0 Å². The Morgan fingerprint density at radius 2 is 1.80 bits per heavy atom. The molecule has 30 heavy (non-hydrogen) atoms. The van der Waals surface area contributed by atoms with Crippen LogP contribution in [0.1, 0.15) is 22.8 Å². The predicted molar refractivity (Wildman–Crippen MR) is 104 cm³/mol. The maximum Gasteiger partial charge on any atom is 0.416 e. The zero-order chi connectivity index (χ0) is 22.1. The molecule has 11 heteroatoms. The van der Waals surface area contributed by atoms with E-state index in [4.69, 9.17) is 0 Å². The smallest absolute Gasteiger partial charge is 0.373 e. The van der Waals surface area contributed by atoms with Crippen LogP contribution in [0, 0.1) is 0 Å².